The van der Waals surface area contributed by atoms with E-state index >= 15 is 0 Å². The standard InChI is InChI=1S/C31H20N2/c1-2-9-21(10-3-1)33(29-17-7-16-28-26(29)15-8-20-32-28)30-19-18-25-23-12-5-4-11-22(23)24-13-6-14-27(30)31(24)25/h1-20H. The van der Waals surface area contributed by atoms with Crippen LogP contribution in [0.2, 0.25) is 0 Å². The maximum absolute atomic E-state index is 4.61. The summed E-state index contributed by atoms with van der Waals surface area (Å²) in [6.45, 7) is 0. The second-order valence-electron chi connectivity index (χ2n) is 8.42. The Morgan fingerprint density at radius 2 is 1.12 bits per heavy atom. The molecule has 0 unspecified atom stereocenters. The van der Waals surface area contributed by atoms with Crippen molar-refractivity contribution in [2.24, 2.45) is 0 Å². The van der Waals surface area contributed by atoms with E-state index in [1.165, 1.54) is 38.7 Å². The van der Waals surface area contributed by atoms with Gasteiger partial charge in [-0.3, -0.25) is 4.98 Å². The van der Waals surface area contributed by atoms with Crippen molar-refractivity contribution in [3.63, 3.8) is 0 Å². The molecule has 0 saturated heterocycles. The molecule has 6 aromatic rings. The number of pyridine rings is 1. The summed E-state index contributed by atoms with van der Waals surface area (Å²) >= 11 is 0. The predicted octanol–water partition coefficient (Wildman–Crippen LogP) is 8.51. The Balaban J connectivity index is 1.57. The Morgan fingerprint density at radius 1 is 0.455 bits per heavy atom. The SMILES string of the molecule is c1ccc(N(c2cccc3ncccc23)c2ccc3c4c(cccc24)-c2ccccc2-3)cc1. The zero-order chi connectivity index (χ0) is 21.8. The molecule has 0 atom stereocenters. The monoisotopic (exact) mass is 420 g/mol. The quantitative estimate of drug-likeness (QED) is 0.285. The average Bonchev–Trinajstić information content (AvgIpc) is 3.22. The van der Waals surface area contributed by atoms with Gasteiger partial charge in [-0.05, 0) is 70.1 Å². The number of aromatic nitrogens is 1. The van der Waals surface area contributed by atoms with Gasteiger partial charge in [0.1, 0.15) is 0 Å². The average molecular weight is 421 g/mol. The number of anilines is 3. The Bertz CT molecular complexity index is 1630. The minimum Gasteiger partial charge on any atom is -0.309 e. The van der Waals surface area contributed by atoms with E-state index < -0.39 is 0 Å². The number of para-hydroxylation sites is 1. The fraction of sp³-hybridized carbons (Fsp3) is 0. The van der Waals surface area contributed by atoms with Crippen LogP contribution in [0, 0.1) is 0 Å². The van der Waals surface area contributed by atoms with Crippen LogP contribution in [0.3, 0.4) is 0 Å². The van der Waals surface area contributed by atoms with E-state index in [0.29, 0.717) is 0 Å². The zero-order valence-electron chi connectivity index (χ0n) is 17.9. The summed E-state index contributed by atoms with van der Waals surface area (Å²) < 4.78 is 0. The third-order valence-electron chi connectivity index (χ3n) is 6.64. The van der Waals surface area contributed by atoms with Crippen molar-refractivity contribution in [3.8, 4) is 22.3 Å². The van der Waals surface area contributed by atoms with Gasteiger partial charge >= 0.3 is 0 Å². The first kappa shape index (κ1) is 18.2. The third kappa shape index (κ3) is 2.64. The molecular weight excluding hydrogens is 400 g/mol. The molecule has 0 fully saturated rings. The van der Waals surface area contributed by atoms with Crippen molar-refractivity contribution in [3.05, 3.63) is 121 Å². The van der Waals surface area contributed by atoms with E-state index in [1.807, 2.05) is 12.3 Å². The Morgan fingerprint density at radius 3 is 1.97 bits per heavy atom. The first-order valence-electron chi connectivity index (χ1n) is 11.2. The van der Waals surface area contributed by atoms with Crippen molar-refractivity contribution >= 4 is 38.7 Å². The molecule has 154 valence electrons. The molecule has 5 aromatic carbocycles. The van der Waals surface area contributed by atoms with Crippen LogP contribution in [0.5, 0.6) is 0 Å². The molecule has 7 rings (SSSR count). The van der Waals surface area contributed by atoms with E-state index in [4.69, 9.17) is 0 Å². The lowest BCUT2D eigenvalue weighted by atomic mass is 10.00. The largest absolute Gasteiger partial charge is 0.309 e. The van der Waals surface area contributed by atoms with Gasteiger partial charge in [-0.2, -0.15) is 0 Å². The topological polar surface area (TPSA) is 16.1 Å². The maximum Gasteiger partial charge on any atom is 0.0723 e. The fourth-order valence-electron chi connectivity index (χ4n) is 5.26. The summed E-state index contributed by atoms with van der Waals surface area (Å²) in [6, 6.07) is 41.1. The summed E-state index contributed by atoms with van der Waals surface area (Å²) in [5, 5.41) is 3.72. The molecule has 0 N–H and O–H groups in total. The highest BCUT2D eigenvalue weighted by molar-refractivity contribution is 6.19. The maximum atomic E-state index is 4.61. The van der Waals surface area contributed by atoms with Gasteiger partial charge in [0, 0.05) is 22.7 Å². The molecule has 1 aromatic heterocycles. The van der Waals surface area contributed by atoms with Gasteiger partial charge in [0.2, 0.25) is 0 Å². The second-order valence-corrected chi connectivity index (χ2v) is 8.42. The lowest BCUT2D eigenvalue weighted by Gasteiger charge is -2.28. The highest BCUT2D eigenvalue weighted by atomic mass is 15.1. The van der Waals surface area contributed by atoms with Crippen LogP contribution >= 0.6 is 0 Å². The van der Waals surface area contributed by atoms with Gasteiger partial charge in [0.15, 0.2) is 0 Å². The van der Waals surface area contributed by atoms with Crippen molar-refractivity contribution in [2.45, 2.75) is 0 Å². The summed E-state index contributed by atoms with van der Waals surface area (Å²) in [5.41, 5.74) is 9.68. The molecule has 1 aliphatic rings. The first-order chi connectivity index (χ1) is 16.4. The summed E-state index contributed by atoms with van der Waals surface area (Å²) in [6.07, 6.45) is 1.86. The van der Waals surface area contributed by atoms with Crippen LogP contribution in [0.4, 0.5) is 17.1 Å². The number of benzene rings is 5. The van der Waals surface area contributed by atoms with Gasteiger partial charge in [0.25, 0.3) is 0 Å². The van der Waals surface area contributed by atoms with Crippen molar-refractivity contribution in [1.29, 1.82) is 0 Å². The van der Waals surface area contributed by atoms with Gasteiger partial charge in [-0.25, -0.2) is 0 Å². The molecule has 1 aliphatic carbocycles. The minimum absolute atomic E-state index is 0.995. The number of hydrogen-bond donors (Lipinski definition) is 0. The second kappa shape index (κ2) is 7.04. The molecule has 0 bridgehead atoms. The lowest BCUT2D eigenvalue weighted by Crippen LogP contribution is -2.11. The number of nitrogens with zero attached hydrogens (tertiary/aromatic N) is 2. The molecule has 0 saturated carbocycles. The highest BCUT2D eigenvalue weighted by Gasteiger charge is 2.24. The summed E-state index contributed by atoms with van der Waals surface area (Å²) in [5.74, 6) is 0. The Kier molecular flexibility index (Phi) is 3.88. The normalized spacial score (nSPS) is 11.6. The summed E-state index contributed by atoms with van der Waals surface area (Å²) in [4.78, 5) is 6.98. The Labute approximate surface area is 192 Å². The first-order valence-corrected chi connectivity index (χ1v) is 11.2. The minimum atomic E-state index is 0.995. The lowest BCUT2D eigenvalue weighted by molar-refractivity contribution is 1.30. The van der Waals surface area contributed by atoms with E-state index in [0.717, 1.165) is 22.3 Å². The van der Waals surface area contributed by atoms with Crippen molar-refractivity contribution in [2.75, 3.05) is 4.90 Å². The van der Waals surface area contributed by atoms with E-state index in [-0.39, 0.29) is 0 Å². The third-order valence-corrected chi connectivity index (χ3v) is 6.64. The molecule has 0 amide bonds. The number of hydrogen-bond acceptors (Lipinski definition) is 2. The van der Waals surface area contributed by atoms with Crippen LogP contribution in [-0.2, 0) is 0 Å². The van der Waals surface area contributed by atoms with Crippen LogP contribution < -0.4 is 4.90 Å². The number of rotatable bonds is 3. The number of fused-ring (bicyclic) bond motifs is 4. The van der Waals surface area contributed by atoms with Crippen LogP contribution in [0.1, 0.15) is 0 Å². The summed E-state index contributed by atoms with van der Waals surface area (Å²) in [7, 11) is 0. The molecule has 0 aliphatic heterocycles. The predicted molar refractivity (Wildman–Crippen MR) is 138 cm³/mol. The molecule has 2 nitrogen and oxygen atoms in total. The fourth-order valence-corrected chi connectivity index (χ4v) is 5.26. The van der Waals surface area contributed by atoms with Gasteiger partial charge < -0.3 is 4.90 Å². The molecule has 0 radical (unpaired) electrons. The van der Waals surface area contributed by atoms with E-state index in [1.54, 1.807) is 0 Å². The molecule has 1 heterocycles. The van der Waals surface area contributed by atoms with Crippen molar-refractivity contribution in [1.82, 2.24) is 4.98 Å². The zero-order valence-corrected chi connectivity index (χ0v) is 17.9. The molecule has 33 heavy (non-hydrogen) atoms. The van der Waals surface area contributed by atoms with Crippen molar-refractivity contribution < 1.29 is 0 Å². The van der Waals surface area contributed by atoms with Gasteiger partial charge in [-0.1, -0.05) is 72.8 Å². The van der Waals surface area contributed by atoms with E-state index in [2.05, 4.69) is 119 Å². The van der Waals surface area contributed by atoms with Crippen LogP contribution in [0.25, 0.3) is 43.9 Å². The molecule has 0 spiro atoms. The van der Waals surface area contributed by atoms with Crippen LogP contribution in [0.15, 0.2) is 121 Å². The van der Waals surface area contributed by atoms with Gasteiger partial charge in [0.05, 0.1) is 16.9 Å². The smallest absolute Gasteiger partial charge is 0.0723 e. The van der Waals surface area contributed by atoms with Crippen LogP contribution in [-0.4, -0.2) is 4.98 Å². The highest BCUT2D eigenvalue weighted by Crippen LogP contribution is 2.51. The van der Waals surface area contributed by atoms with E-state index in [9.17, 15) is 0 Å². The van der Waals surface area contributed by atoms with Gasteiger partial charge in [-0.15, -0.1) is 0 Å². The Hall–Kier alpha value is -4.43. The molecule has 2 heteroatoms. The molecular formula is C31H20N2.